The molecule has 1 amide bonds. The standard InChI is InChI=1S/C12H15BrN2O2/c13-9-4-1-2-5-10(9)15-12(11(14)16)6-3-7-17-8-12/h1-2,4-5,15H,3,6-8H2,(H2,14,16). The van der Waals surface area contributed by atoms with E-state index in [1.54, 1.807) is 0 Å². The monoisotopic (exact) mass is 298 g/mol. The fraction of sp³-hybridized carbons (Fsp3) is 0.417. The summed E-state index contributed by atoms with van der Waals surface area (Å²) in [4.78, 5) is 11.7. The molecular weight excluding hydrogens is 284 g/mol. The van der Waals surface area contributed by atoms with Crippen LogP contribution in [-0.2, 0) is 9.53 Å². The van der Waals surface area contributed by atoms with E-state index >= 15 is 0 Å². The number of halogens is 1. The third kappa shape index (κ3) is 2.61. The van der Waals surface area contributed by atoms with Gasteiger partial charge in [0.05, 0.1) is 6.61 Å². The maximum absolute atomic E-state index is 11.7. The number of carbonyl (C=O) groups excluding carboxylic acids is 1. The summed E-state index contributed by atoms with van der Waals surface area (Å²) in [5.74, 6) is -0.368. The predicted molar refractivity (Wildman–Crippen MR) is 69.7 cm³/mol. The van der Waals surface area contributed by atoms with Crippen molar-refractivity contribution in [3.63, 3.8) is 0 Å². The summed E-state index contributed by atoms with van der Waals surface area (Å²) >= 11 is 3.44. The molecule has 1 atom stereocenters. The Labute approximate surface area is 109 Å². The Kier molecular flexibility index (Phi) is 3.69. The molecule has 0 aromatic heterocycles. The van der Waals surface area contributed by atoms with Gasteiger partial charge in [-0.05, 0) is 40.9 Å². The summed E-state index contributed by atoms with van der Waals surface area (Å²) in [6.45, 7) is 1.01. The van der Waals surface area contributed by atoms with Gasteiger partial charge in [-0.1, -0.05) is 12.1 Å². The lowest BCUT2D eigenvalue weighted by atomic mass is 9.91. The number of para-hydroxylation sites is 1. The molecule has 1 heterocycles. The highest BCUT2D eigenvalue weighted by atomic mass is 79.9. The van der Waals surface area contributed by atoms with Crippen LogP contribution in [0.15, 0.2) is 28.7 Å². The van der Waals surface area contributed by atoms with E-state index in [1.807, 2.05) is 24.3 Å². The van der Waals surface area contributed by atoms with Crippen molar-refractivity contribution in [1.29, 1.82) is 0 Å². The number of rotatable bonds is 3. The topological polar surface area (TPSA) is 64.4 Å². The van der Waals surface area contributed by atoms with Crippen LogP contribution in [0.25, 0.3) is 0 Å². The molecule has 0 aliphatic carbocycles. The Morgan fingerprint density at radius 3 is 2.82 bits per heavy atom. The van der Waals surface area contributed by atoms with E-state index in [4.69, 9.17) is 10.5 Å². The first-order valence-corrected chi connectivity index (χ1v) is 6.34. The van der Waals surface area contributed by atoms with Gasteiger partial charge < -0.3 is 15.8 Å². The maximum atomic E-state index is 11.7. The molecule has 0 bridgehead atoms. The lowest BCUT2D eigenvalue weighted by molar-refractivity contribution is -0.126. The number of anilines is 1. The first-order chi connectivity index (χ1) is 8.14. The number of ether oxygens (including phenoxy) is 1. The molecule has 0 radical (unpaired) electrons. The molecule has 0 spiro atoms. The number of nitrogens with two attached hydrogens (primary N) is 1. The van der Waals surface area contributed by atoms with Crippen LogP contribution in [-0.4, -0.2) is 24.7 Å². The highest BCUT2D eigenvalue weighted by Gasteiger charge is 2.39. The Balaban J connectivity index is 2.24. The minimum absolute atomic E-state index is 0.323. The van der Waals surface area contributed by atoms with E-state index in [0.717, 1.165) is 16.6 Å². The van der Waals surface area contributed by atoms with Crippen molar-refractivity contribution in [2.24, 2.45) is 5.73 Å². The van der Waals surface area contributed by atoms with Crippen LogP contribution in [0, 0.1) is 0 Å². The molecule has 1 aliphatic heterocycles. The molecule has 0 saturated carbocycles. The van der Waals surface area contributed by atoms with Crippen molar-refractivity contribution in [2.75, 3.05) is 18.5 Å². The van der Waals surface area contributed by atoms with Crippen molar-refractivity contribution < 1.29 is 9.53 Å². The Hall–Kier alpha value is -1.07. The first-order valence-electron chi connectivity index (χ1n) is 5.54. The Morgan fingerprint density at radius 2 is 2.24 bits per heavy atom. The SMILES string of the molecule is NC(=O)C1(Nc2ccccc2Br)CCCOC1. The molecule has 1 unspecified atom stereocenters. The molecule has 1 aromatic carbocycles. The Morgan fingerprint density at radius 1 is 1.47 bits per heavy atom. The smallest absolute Gasteiger partial charge is 0.245 e. The summed E-state index contributed by atoms with van der Waals surface area (Å²) in [6.07, 6.45) is 1.53. The van der Waals surface area contributed by atoms with Gasteiger partial charge in [-0.3, -0.25) is 4.79 Å². The van der Waals surface area contributed by atoms with E-state index in [0.29, 0.717) is 19.6 Å². The second-order valence-corrected chi connectivity index (χ2v) is 5.06. The first kappa shape index (κ1) is 12.4. The van der Waals surface area contributed by atoms with Crippen molar-refractivity contribution in [3.8, 4) is 0 Å². The number of nitrogens with one attached hydrogen (secondary N) is 1. The van der Waals surface area contributed by atoms with Crippen LogP contribution in [0.2, 0.25) is 0 Å². The van der Waals surface area contributed by atoms with Crippen molar-refractivity contribution >= 4 is 27.5 Å². The molecular formula is C12H15BrN2O2. The fourth-order valence-electron chi connectivity index (χ4n) is 1.97. The normalized spacial score (nSPS) is 24.3. The van der Waals surface area contributed by atoms with Crippen LogP contribution < -0.4 is 11.1 Å². The van der Waals surface area contributed by atoms with Crippen LogP contribution in [0.3, 0.4) is 0 Å². The molecule has 1 fully saturated rings. The molecule has 17 heavy (non-hydrogen) atoms. The maximum Gasteiger partial charge on any atom is 0.245 e. The van der Waals surface area contributed by atoms with Gasteiger partial charge in [0.15, 0.2) is 0 Å². The lowest BCUT2D eigenvalue weighted by Crippen LogP contribution is -2.56. The van der Waals surface area contributed by atoms with Crippen molar-refractivity contribution in [1.82, 2.24) is 0 Å². The molecule has 3 N–H and O–H groups in total. The zero-order valence-electron chi connectivity index (χ0n) is 9.41. The van der Waals surface area contributed by atoms with E-state index in [9.17, 15) is 4.79 Å². The van der Waals surface area contributed by atoms with E-state index in [2.05, 4.69) is 21.2 Å². The minimum atomic E-state index is -0.790. The fourth-order valence-corrected chi connectivity index (χ4v) is 2.35. The predicted octanol–water partition coefficient (Wildman–Crippen LogP) is 1.90. The van der Waals surface area contributed by atoms with Crippen molar-refractivity contribution in [3.05, 3.63) is 28.7 Å². The van der Waals surface area contributed by atoms with Crippen LogP contribution in [0.5, 0.6) is 0 Å². The van der Waals surface area contributed by atoms with Crippen LogP contribution in [0.1, 0.15) is 12.8 Å². The number of hydrogen-bond acceptors (Lipinski definition) is 3. The van der Waals surface area contributed by atoms with E-state index in [-0.39, 0.29) is 5.91 Å². The number of carbonyl (C=O) groups is 1. The quantitative estimate of drug-likeness (QED) is 0.896. The molecule has 2 rings (SSSR count). The molecule has 1 saturated heterocycles. The average molecular weight is 299 g/mol. The van der Waals surface area contributed by atoms with Gasteiger partial charge in [-0.2, -0.15) is 0 Å². The van der Waals surface area contributed by atoms with Crippen LogP contribution >= 0.6 is 15.9 Å². The summed E-state index contributed by atoms with van der Waals surface area (Å²) in [5.41, 5.74) is 5.57. The Bertz CT molecular complexity index is 417. The van der Waals surface area contributed by atoms with Gasteiger partial charge in [0.1, 0.15) is 5.54 Å². The van der Waals surface area contributed by atoms with Gasteiger partial charge in [0.25, 0.3) is 0 Å². The highest BCUT2D eigenvalue weighted by molar-refractivity contribution is 9.10. The third-order valence-electron chi connectivity index (χ3n) is 2.96. The second-order valence-electron chi connectivity index (χ2n) is 4.21. The number of hydrogen-bond donors (Lipinski definition) is 2. The summed E-state index contributed by atoms with van der Waals surface area (Å²) in [6, 6.07) is 7.65. The van der Waals surface area contributed by atoms with Crippen LogP contribution in [0.4, 0.5) is 5.69 Å². The third-order valence-corrected chi connectivity index (χ3v) is 3.65. The number of amides is 1. The second kappa shape index (κ2) is 5.06. The van der Waals surface area contributed by atoms with Crippen molar-refractivity contribution in [2.45, 2.75) is 18.4 Å². The zero-order valence-corrected chi connectivity index (χ0v) is 11.0. The molecule has 1 aromatic rings. The summed E-state index contributed by atoms with van der Waals surface area (Å²) in [7, 11) is 0. The molecule has 5 heteroatoms. The minimum Gasteiger partial charge on any atom is -0.378 e. The largest absolute Gasteiger partial charge is 0.378 e. The number of primary amides is 1. The summed E-state index contributed by atoms with van der Waals surface area (Å²) in [5, 5.41) is 3.22. The molecule has 1 aliphatic rings. The molecule has 4 nitrogen and oxygen atoms in total. The molecule has 92 valence electrons. The highest BCUT2D eigenvalue weighted by Crippen LogP contribution is 2.29. The van der Waals surface area contributed by atoms with Gasteiger partial charge in [0, 0.05) is 16.8 Å². The van der Waals surface area contributed by atoms with Gasteiger partial charge >= 0.3 is 0 Å². The van der Waals surface area contributed by atoms with Gasteiger partial charge in [-0.15, -0.1) is 0 Å². The van der Waals surface area contributed by atoms with Gasteiger partial charge in [-0.25, -0.2) is 0 Å². The zero-order chi connectivity index (χ0) is 12.3. The lowest BCUT2D eigenvalue weighted by Gasteiger charge is -2.36. The number of benzene rings is 1. The average Bonchev–Trinajstić information content (AvgIpc) is 2.33. The van der Waals surface area contributed by atoms with E-state index < -0.39 is 5.54 Å². The van der Waals surface area contributed by atoms with E-state index in [1.165, 1.54) is 0 Å². The summed E-state index contributed by atoms with van der Waals surface area (Å²) < 4.78 is 6.29. The van der Waals surface area contributed by atoms with Gasteiger partial charge in [0.2, 0.25) is 5.91 Å².